The molecule has 0 spiro atoms. The van der Waals surface area contributed by atoms with Crippen LogP contribution in [0.15, 0.2) is 187 Å². The van der Waals surface area contributed by atoms with E-state index in [-0.39, 0.29) is 5.56 Å². The predicted octanol–water partition coefficient (Wildman–Crippen LogP) is 12.6. The lowest BCUT2D eigenvalue weighted by Gasteiger charge is -2.11. The molecule has 0 saturated carbocycles. The average Bonchev–Trinajstić information content (AvgIpc) is 3.91. The molecular formula is C50H30N4OS. The molecule has 56 heavy (non-hydrogen) atoms. The van der Waals surface area contributed by atoms with Crippen LogP contribution in [0.25, 0.3) is 103 Å². The molecule has 5 nitrogen and oxygen atoms in total. The first-order valence-electron chi connectivity index (χ1n) is 18.8. The Balaban J connectivity index is 0.992. The molecule has 12 aromatic rings. The quantitative estimate of drug-likeness (QED) is 0.181. The van der Waals surface area contributed by atoms with Crippen LogP contribution in [0.1, 0.15) is 0 Å². The topological polar surface area (TPSA) is 44.2 Å². The van der Waals surface area contributed by atoms with Crippen LogP contribution in [-0.4, -0.2) is 18.5 Å². The summed E-state index contributed by atoms with van der Waals surface area (Å²) in [5, 5.41) is 5.53. The van der Waals surface area contributed by atoms with E-state index in [4.69, 9.17) is 4.98 Å². The summed E-state index contributed by atoms with van der Waals surface area (Å²) >= 11 is 1.55. The van der Waals surface area contributed by atoms with Gasteiger partial charge < -0.3 is 9.13 Å². The molecule has 12 rings (SSSR count). The van der Waals surface area contributed by atoms with Crippen molar-refractivity contribution >= 4 is 81.0 Å². The molecule has 0 aliphatic heterocycles. The number of thiazole rings is 1. The second-order valence-corrected chi connectivity index (χ2v) is 15.4. The molecule has 0 saturated heterocycles. The summed E-state index contributed by atoms with van der Waals surface area (Å²) in [4.78, 5) is 19.2. The van der Waals surface area contributed by atoms with Gasteiger partial charge in [-0.1, -0.05) is 108 Å². The molecule has 4 heterocycles. The summed E-state index contributed by atoms with van der Waals surface area (Å²) in [6.45, 7) is 0. The van der Waals surface area contributed by atoms with Gasteiger partial charge in [-0.05, 0) is 107 Å². The lowest BCUT2D eigenvalue weighted by atomic mass is 10.0. The first-order chi connectivity index (χ1) is 27.7. The van der Waals surface area contributed by atoms with E-state index in [1.807, 2.05) is 24.3 Å². The summed E-state index contributed by atoms with van der Waals surface area (Å²) in [5.41, 5.74) is 13.0. The molecule has 0 fully saturated rings. The van der Waals surface area contributed by atoms with Gasteiger partial charge in [0, 0.05) is 32.9 Å². The maximum absolute atomic E-state index is 13.7. The predicted molar refractivity (Wildman–Crippen MR) is 234 cm³/mol. The Labute approximate surface area is 324 Å². The van der Waals surface area contributed by atoms with Crippen molar-refractivity contribution in [2.45, 2.75) is 0 Å². The van der Waals surface area contributed by atoms with Gasteiger partial charge in [-0.2, -0.15) is 0 Å². The van der Waals surface area contributed by atoms with Crippen LogP contribution in [0.2, 0.25) is 0 Å². The minimum absolute atomic E-state index is 0.0359. The standard InChI is InChI=1S/C50H30N4OS/c55-49-39-17-4-7-18-42(39)51-50-54(49)47-30-34(23-26-48(47)56-50)31-11-10-14-36(27-31)53-44-20-9-6-16-38(44)41-29-33(22-25-46(41)53)32-21-24-45-40(28-32)37-15-5-8-19-43(37)52(45)35-12-2-1-3-13-35/h1-30H. The van der Waals surface area contributed by atoms with Crippen LogP contribution in [0.4, 0.5) is 0 Å². The van der Waals surface area contributed by atoms with E-state index in [1.165, 1.54) is 43.7 Å². The van der Waals surface area contributed by atoms with Crippen LogP contribution in [0.3, 0.4) is 0 Å². The third kappa shape index (κ3) is 4.54. The summed E-state index contributed by atoms with van der Waals surface area (Å²) in [6, 6.07) is 64.4. The zero-order chi connectivity index (χ0) is 36.9. The molecule has 0 N–H and O–H groups in total. The fraction of sp³-hybridized carbons (Fsp3) is 0. The number of benzene rings is 8. The van der Waals surface area contributed by atoms with E-state index in [0.29, 0.717) is 10.3 Å². The van der Waals surface area contributed by atoms with Crippen LogP contribution >= 0.6 is 11.3 Å². The van der Waals surface area contributed by atoms with E-state index in [0.717, 1.165) is 49.3 Å². The van der Waals surface area contributed by atoms with Gasteiger partial charge in [-0.15, -0.1) is 0 Å². The van der Waals surface area contributed by atoms with Gasteiger partial charge in [0.25, 0.3) is 5.56 Å². The van der Waals surface area contributed by atoms with Crippen LogP contribution in [-0.2, 0) is 0 Å². The molecule has 0 aliphatic rings. The number of para-hydroxylation sites is 4. The number of aromatic nitrogens is 4. The van der Waals surface area contributed by atoms with Gasteiger partial charge in [0.1, 0.15) is 0 Å². The Morgan fingerprint density at radius 1 is 0.393 bits per heavy atom. The highest BCUT2D eigenvalue weighted by molar-refractivity contribution is 7.23. The van der Waals surface area contributed by atoms with Crippen molar-refractivity contribution in [2.24, 2.45) is 0 Å². The molecule has 6 heteroatoms. The SMILES string of the molecule is O=c1c2ccccc2nc2sc3ccc(-c4cccc(-n5c6ccccc6c6cc(-c7ccc8c(c7)c7ccccc7n8-c7ccccc7)ccc65)c4)cc3n12. The van der Waals surface area contributed by atoms with Gasteiger partial charge in [-0.3, -0.25) is 9.20 Å². The fourth-order valence-corrected chi connectivity index (χ4v) is 9.72. The number of hydrogen-bond acceptors (Lipinski definition) is 3. The minimum Gasteiger partial charge on any atom is -0.309 e. The Morgan fingerprint density at radius 2 is 0.929 bits per heavy atom. The first kappa shape index (κ1) is 31.1. The summed E-state index contributed by atoms with van der Waals surface area (Å²) in [7, 11) is 0. The van der Waals surface area contributed by atoms with Gasteiger partial charge in [-0.25, -0.2) is 4.98 Å². The normalized spacial score (nSPS) is 12.0. The van der Waals surface area contributed by atoms with E-state index < -0.39 is 0 Å². The van der Waals surface area contributed by atoms with Crippen molar-refractivity contribution in [3.8, 4) is 33.6 Å². The van der Waals surface area contributed by atoms with Crippen molar-refractivity contribution in [2.75, 3.05) is 0 Å². The molecule has 0 bridgehead atoms. The molecule has 0 amide bonds. The van der Waals surface area contributed by atoms with Crippen molar-refractivity contribution in [1.29, 1.82) is 0 Å². The number of hydrogen-bond donors (Lipinski definition) is 0. The molecule has 0 radical (unpaired) electrons. The zero-order valence-electron chi connectivity index (χ0n) is 29.9. The van der Waals surface area contributed by atoms with E-state index in [9.17, 15) is 4.79 Å². The Morgan fingerprint density at radius 3 is 1.64 bits per heavy atom. The van der Waals surface area contributed by atoms with E-state index in [2.05, 4.69) is 167 Å². The maximum Gasteiger partial charge on any atom is 0.266 e. The largest absolute Gasteiger partial charge is 0.309 e. The van der Waals surface area contributed by atoms with E-state index in [1.54, 1.807) is 15.7 Å². The summed E-state index contributed by atoms with van der Waals surface area (Å²) < 4.78 is 7.52. The van der Waals surface area contributed by atoms with Crippen LogP contribution in [0, 0.1) is 0 Å². The molecule has 262 valence electrons. The van der Waals surface area contributed by atoms with Gasteiger partial charge >= 0.3 is 0 Å². The van der Waals surface area contributed by atoms with Gasteiger partial charge in [0.2, 0.25) is 0 Å². The van der Waals surface area contributed by atoms with Crippen LogP contribution in [0.5, 0.6) is 0 Å². The van der Waals surface area contributed by atoms with Crippen molar-refractivity contribution in [3.63, 3.8) is 0 Å². The highest BCUT2D eigenvalue weighted by Gasteiger charge is 2.17. The van der Waals surface area contributed by atoms with Crippen molar-refractivity contribution in [1.82, 2.24) is 18.5 Å². The number of fused-ring (bicyclic) bond motifs is 10. The molecular weight excluding hydrogens is 705 g/mol. The second-order valence-electron chi connectivity index (χ2n) is 14.4. The van der Waals surface area contributed by atoms with Gasteiger partial charge in [0.15, 0.2) is 4.96 Å². The Hall–Kier alpha value is -7.28. The van der Waals surface area contributed by atoms with Crippen LogP contribution < -0.4 is 5.56 Å². The molecule has 8 aromatic carbocycles. The smallest absolute Gasteiger partial charge is 0.266 e. The third-order valence-corrected chi connectivity index (χ3v) is 12.3. The van der Waals surface area contributed by atoms with Gasteiger partial charge in [0.05, 0.1) is 43.2 Å². The van der Waals surface area contributed by atoms with E-state index >= 15 is 0 Å². The monoisotopic (exact) mass is 734 g/mol. The maximum atomic E-state index is 13.7. The highest BCUT2D eigenvalue weighted by atomic mass is 32.1. The molecule has 0 atom stereocenters. The lowest BCUT2D eigenvalue weighted by molar-refractivity contribution is 1.16. The van der Waals surface area contributed by atoms with Crippen molar-refractivity contribution in [3.05, 3.63) is 192 Å². The minimum atomic E-state index is -0.0359. The summed E-state index contributed by atoms with van der Waals surface area (Å²) in [5.74, 6) is 0. The highest BCUT2D eigenvalue weighted by Crippen LogP contribution is 2.39. The number of nitrogens with zero attached hydrogens (tertiary/aromatic N) is 4. The second kappa shape index (κ2) is 11.9. The molecule has 0 unspecified atom stereocenters. The first-order valence-corrected chi connectivity index (χ1v) is 19.6. The Kier molecular flexibility index (Phi) is 6.59. The lowest BCUT2D eigenvalue weighted by Crippen LogP contribution is -2.13. The summed E-state index contributed by atoms with van der Waals surface area (Å²) in [6.07, 6.45) is 0. The zero-order valence-corrected chi connectivity index (χ0v) is 30.7. The molecule has 4 aromatic heterocycles. The fourth-order valence-electron chi connectivity index (χ4n) is 8.71. The Bertz CT molecular complexity index is 3630. The molecule has 0 aliphatic carbocycles. The third-order valence-electron chi connectivity index (χ3n) is 11.3. The number of rotatable bonds is 4. The average molecular weight is 735 g/mol. The van der Waals surface area contributed by atoms with Crippen molar-refractivity contribution < 1.29 is 0 Å².